The fourth-order valence-electron chi connectivity index (χ4n) is 1.39. The minimum Gasteiger partial charge on any atom is -0.385 e. The molecule has 0 bridgehead atoms. The van der Waals surface area contributed by atoms with Gasteiger partial charge in [-0.3, -0.25) is 0 Å². The summed E-state index contributed by atoms with van der Waals surface area (Å²) in [5.41, 5.74) is 0. The first-order valence-corrected chi connectivity index (χ1v) is 5.69. The molecule has 1 aliphatic carbocycles. The van der Waals surface area contributed by atoms with Crippen molar-refractivity contribution in [1.82, 2.24) is 5.32 Å². The normalized spacial score (nSPS) is 18.0. The summed E-state index contributed by atoms with van der Waals surface area (Å²) in [6.45, 7) is 3.06. The number of nitrogens with one attached hydrogen (secondary N) is 1. The molecule has 0 aromatic rings. The van der Waals surface area contributed by atoms with E-state index in [9.17, 15) is 0 Å². The van der Waals surface area contributed by atoms with E-state index in [1.165, 1.54) is 12.8 Å². The van der Waals surface area contributed by atoms with Crippen molar-refractivity contribution in [2.75, 3.05) is 40.6 Å². The van der Waals surface area contributed by atoms with Crippen molar-refractivity contribution >= 4 is 0 Å². The second kappa shape index (κ2) is 8.05. The fraction of sp³-hybridized carbons (Fsp3) is 1.00. The van der Waals surface area contributed by atoms with Crippen molar-refractivity contribution in [3.05, 3.63) is 0 Å². The Morgan fingerprint density at radius 3 is 2.60 bits per heavy atom. The molecule has 1 aliphatic rings. The van der Waals surface area contributed by atoms with E-state index in [1.807, 2.05) is 0 Å². The fourth-order valence-corrected chi connectivity index (χ4v) is 1.39. The lowest BCUT2D eigenvalue weighted by atomic mass is 10.3. The lowest BCUT2D eigenvalue weighted by Gasteiger charge is -2.17. The molecular formula is C11H23NO3. The highest BCUT2D eigenvalue weighted by molar-refractivity contribution is 4.82. The third-order valence-corrected chi connectivity index (χ3v) is 2.41. The quantitative estimate of drug-likeness (QED) is 0.550. The van der Waals surface area contributed by atoms with Gasteiger partial charge in [-0.1, -0.05) is 0 Å². The maximum Gasteiger partial charge on any atom is 0.0932 e. The maximum atomic E-state index is 5.70. The zero-order chi connectivity index (χ0) is 10.9. The first kappa shape index (κ1) is 12.9. The molecule has 0 saturated heterocycles. The van der Waals surface area contributed by atoms with Gasteiger partial charge in [0, 0.05) is 40.0 Å². The Hall–Kier alpha value is -0.160. The van der Waals surface area contributed by atoms with E-state index in [1.54, 1.807) is 14.2 Å². The lowest BCUT2D eigenvalue weighted by Crippen LogP contribution is -2.34. The molecule has 4 nitrogen and oxygen atoms in total. The van der Waals surface area contributed by atoms with Crippen molar-refractivity contribution < 1.29 is 14.2 Å². The van der Waals surface area contributed by atoms with Crippen molar-refractivity contribution in [1.29, 1.82) is 0 Å². The molecule has 0 aromatic heterocycles. The average Bonchev–Trinajstić information content (AvgIpc) is 3.04. The summed E-state index contributed by atoms with van der Waals surface area (Å²) in [7, 11) is 3.42. The molecule has 15 heavy (non-hydrogen) atoms. The molecular weight excluding hydrogens is 194 g/mol. The highest BCUT2D eigenvalue weighted by atomic mass is 16.5. The Morgan fingerprint density at radius 1 is 1.20 bits per heavy atom. The molecule has 0 amide bonds. The zero-order valence-electron chi connectivity index (χ0n) is 9.83. The van der Waals surface area contributed by atoms with Gasteiger partial charge in [-0.2, -0.15) is 0 Å². The number of hydrogen-bond donors (Lipinski definition) is 1. The number of rotatable bonds is 10. The molecule has 0 radical (unpaired) electrons. The highest BCUT2D eigenvalue weighted by Crippen LogP contribution is 2.18. The Bertz CT molecular complexity index is 151. The van der Waals surface area contributed by atoms with Crippen molar-refractivity contribution in [3.8, 4) is 0 Å². The first-order valence-electron chi connectivity index (χ1n) is 5.69. The second-order valence-corrected chi connectivity index (χ2v) is 3.98. The van der Waals surface area contributed by atoms with Gasteiger partial charge in [0.05, 0.1) is 12.7 Å². The standard InChI is InChI=1S/C11H23NO3/c1-13-6-3-7-15-11(9-14-2)8-12-10-4-5-10/h10-12H,3-9H2,1-2H3. The minimum absolute atomic E-state index is 0.174. The van der Waals surface area contributed by atoms with E-state index < -0.39 is 0 Å². The highest BCUT2D eigenvalue weighted by Gasteiger charge is 2.21. The van der Waals surface area contributed by atoms with Crippen LogP contribution in [0, 0.1) is 0 Å². The second-order valence-electron chi connectivity index (χ2n) is 3.98. The van der Waals surface area contributed by atoms with Gasteiger partial charge in [-0.25, -0.2) is 0 Å². The Labute approximate surface area is 92.3 Å². The molecule has 1 fully saturated rings. The molecule has 0 aliphatic heterocycles. The summed E-state index contributed by atoms with van der Waals surface area (Å²) in [5, 5.41) is 3.45. The van der Waals surface area contributed by atoms with Gasteiger partial charge >= 0.3 is 0 Å². The Balaban J connectivity index is 1.99. The van der Waals surface area contributed by atoms with E-state index in [4.69, 9.17) is 14.2 Å². The molecule has 4 heteroatoms. The van der Waals surface area contributed by atoms with Gasteiger partial charge in [0.15, 0.2) is 0 Å². The van der Waals surface area contributed by atoms with E-state index in [0.29, 0.717) is 6.61 Å². The predicted molar refractivity (Wildman–Crippen MR) is 59.1 cm³/mol. The molecule has 0 heterocycles. The molecule has 1 saturated carbocycles. The van der Waals surface area contributed by atoms with Crippen LogP contribution in [0.1, 0.15) is 19.3 Å². The van der Waals surface area contributed by atoms with E-state index in [2.05, 4.69) is 5.32 Å². The topological polar surface area (TPSA) is 39.7 Å². The van der Waals surface area contributed by atoms with Crippen LogP contribution in [0.3, 0.4) is 0 Å². The average molecular weight is 217 g/mol. The Morgan fingerprint density at radius 2 is 2.00 bits per heavy atom. The summed E-state index contributed by atoms with van der Waals surface area (Å²) >= 11 is 0. The predicted octanol–water partition coefficient (Wildman–Crippen LogP) is 0.806. The number of hydrogen-bond acceptors (Lipinski definition) is 4. The van der Waals surface area contributed by atoms with Gasteiger partial charge in [0.2, 0.25) is 0 Å². The number of methoxy groups -OCH3 is 2. The molecule has 0 spiro atoms. The van der Waals surface area contributed by atoms with Crippen molar-refractivity contribution in [2.24, 2.45) is 0 Å². The molecule has 0 aromatic carbocycles. The third-order valence-electron chi connectivity index (χ3n) is 2.41. The van der Waals surface area contributed by atoms with E-state index in [0.717, 1.165) is 32.2 Å². The minimum atomic E-state index is 0.174. The van der Waals surface area contributed by atoms with Crippen LogP contribution in [0.2, 0.25) is 0 Å². The third kappa shape index (κ3) is 6.84. The molecule has 1 unspecified atom stereocenters. The largest absolute Gasteiger partial charge is 0.385 e. The van der Waals surface area contributed by atoms with E-state index >= 15 is 0 Å². The summed E-state index contributed by atoms with van der Waals surface area (Å²) in [6.07, 6.45) is 3.74. The van der Waals surface area contributed by atoms with Crippen LogP contribution in [0.25, 0.3) is 0 Å². The molecule has 1 N–H and O–H groups in total. The van der Waals surface area contributed by atoms with Gasteiger partial charge in [0.25, 0.3) is 0 Å². The smallest absolute Gasteiger partial charge is 0.0932 e. The van der Waals surface area contributed by atoms with Crippen LogP contribution in [0.5, 0.6) is 0 Å². The van der Waals surface area contributed by atoms with Gasteiger partial charge < -0.3 is 19.5 Å². The van der Waals surface area contributed by atoms with Crippen LogP contribution in [0.4, 0.5) is 0 Å². The molecule has 1 atom stereocenters. The van der Waals surface area contributed by atoms with Crippen LogP contribution < -0.4 is 5.32 Å². The van der Waals surface area contributed by atoms with Crippen molar-refractivity contribution in [2.45, 2.75) is 31.4 Å². The van der Waals surface area contributed by atoms with Crippen molar-refractivity contribution in [3.63, 3.8) is 0 Å². The van der Waals surface area contributed by atoms with Gasteiger partial charge in [0.1, 0.15) is 0 Å². The van der Waals surface area contributed by atoms with Crippen LogP contribution in [-0.2, 0) is 14.2 Å². The maximum absolute atomic E-state index is 5.70. The summed E-state index contributed by atoms with van der Waals surface area (Å²) in [4.78, 5) is 0. The van der Waals surface area contributed by atoms with Crippen LogP contribution in [0.15, 0.2) is 0 Å². The van der Waals surface area contributed by atoms with Gasteiger partial charge in [-0.05, 0) is 19.3 Å². The monoisotopic (exact) mass is 217 g/mol. The molecule has 90 valence electrons. The first-order chi connectivity index (χ1) is 7.36. The van der Waals surface area contributed by atoms with E-state index in [-0.39, 0.29) is 6.10 Å². The SMILES string of the molecule is COCCCOC(CNC1CC1)COC. The lowest BCUT2D eigenvalue weighted by molar-refractivity contribution is -0.00755. The summed E-state index contributed by atoms with van der Waals surface area (Å²) in [5.74, 6) is 0. The summed E-state index contributed by atoms with van der Waals surface area (Å²) < 4.78 is 15.8. The van der Waals surface area contributed by atoms with Crippen LogP contribution in [-0.4, -0.2) is 52.7 Å². The molecule has 1 rings (SSSR count). The summed E-state index contributed by atoms with van der Waals surface area (Å²) in [6, 6.07) is 0.729. The van der Waals surface area contributed by atoms with Crippen LogP contribution >= 0.6 is 0 Å². The zero-order valence-corrected chi connectivity index (χ0v) is 9.83. The van der Waals surface area contributed by atoms with Gasteiger partial charge in [-0.15, -0.1) is 0 Å². The Kier molecular flexibility index (Phi) is 6.92. The number of ether oxygens (including phenoxy) is 3.